The first-order chi connectivity index (χ1) is 15.9. The number of ether oxygens (including phenoxy) is 1. The van der Waals surface area contributed by atoms with Gasteiger partial charge in [-0.05, 0) is 24.8 Å². The van der Waals surface area contributed by atoms with Crippen molar-refractivity contribution in [3.8, 4) is 0 Å². The molecule has 176 valence electrons. The molecule has 10 heteroatoms. The number of hydrogen-bond donors (Lipinski definition) is 0. The van der Waals surface area contributed by atoms with Gasteiger partial charge in [-0.15, -0.1) is 0 Å². The van der Waals surface area contributed by atoms with Crippen molar-refractivity contribution in [3.05, 3.63) is 53.9 Å². The Kier molecular flexibility index (Phi) is 5.86. The minimum atomic E-state index is -4.46. The standard InChI is InChI=1S/C23H26F3N5O2/c24-23(25,26)17-11-27-21(28-12-17)30-14-19-10-18(30)15-31(19)22(32)33-20-6-8-29(9-7-20)13-16-4-2-1-3-5-16/h1-5,11-12,18-20H,6-10,13-15H2/t18-,19-/m1/s1. The number of rotatable bonds is 4. The SMILES string of the molecule is O=C(OC1CCN(Cc2ccccc2)CC1)N1C[C@H]2C[C@@H]1CN2c1ncc(C(F)(F)F)cn1. The van der Waals surface area contributed by atoms with E-state index in [2.05, 4.69) is 27.0 Å². The van der Waals surface area contributed by atoms with Gasteiger partial charge in [-0.25, -0.2) is 14.8 Å². The zero-order valence-electron chi connectivity index (χ0n) is 18.1. The van der Waals surface area contributed by atoms with Crippen molar-refractivity contribution in [1.82, 2.24) is 19.8 Å². The summed E-state index contributed by atoms with van der Waals surface area (Å²) in [6, 6.07) is 10.3. The van der Waals surface area contributed by atoms with Crippen LogP contribution in [0.5, 0.6) is 0 Å². The first-order valence-corrected chi connectivity index (χ1v) is 11.3. The van der Waals surface area contributed by atoms with Gasteiger partial charge in [0.05, 0.1) is 17.6 Å². The molecule has 1 amide bonds. The third-order valence-corrected chi connectivity index (χ3v) is 6.75. The second-order valence-corrected chi connectivity index (χ2v) is 8.96. The summed E-state index contributed by atoms with van der Waals surface area (Å²) in [7, 11) is 0. The predicted molar refractivity (Wildman–Crippen MR) is 115 cm³/mol. The zero-order chi connectivity index (χ0) is 23.0. The van der Waals surface area contributed by atoms with Gasteiger partial charge in [0.25, 0.3) is 0 Å². The monoisotopic (exact) mass is 461 g/mol. The number of hydrogen-bond acceptors (Lipinski definition) is 6. The Morgan fingerprint density at radius 3 is 2.33 bits per heavy atom. The quantitative estimate of drug-likeness (QED) is 0.694. The van der Waals surface area contributed by atoms with Crippen LogP contribution in [0.1, 0.15) is 30.4 Å². The normalized spacial score (nSPS) is 23.8. The fraction of sp³-hybridized carbons (Fsp3) is 0.522. The highest BCUT2D eigenvalue weighted by Gasteiger charge is 2.47. The maximum Gasteiger partial charge on any atom is 0.419 e. The van der Waals surface area contributed by atoms with Crippen molar-refractivity contribution in [2.75, 3.05) is 31.1 Å². The number of aromatic nitrogens is 2. The number of nitrogens with zero attached hydrogens (tertiary/aromatic N) is 5. The number of carbonyl (C=O) groups is 1. The summed E-state index contributed by atoms with van der Waals surface area (Å²) in [6.07, 6.45) is -0.849. The van der Waals surface area contributed by atoms with E-state index < -0.39 is 11.7 Å². The molecule has 3 aliphatic rings. The maximum absolute atomic E-state index is 12.8. The number of halogens is 3. The van der Waals surface area contributed by atoms with Gasteiger partial charge >= 0.3 is 12.3 Å². The molecule has 5 rings (SSSR count). The largest absolute Gasteiger partial charge is 0.446 e. The smallest absolute Gasteiger partial charge is 0.419 e. The lowest BCUT2D eigenvalue weighted by atomic mass is 10.1. The molecular weight excluding hydrogens is 435 g/mol. The molecule has 2 aromatic rings. The molecule has 2 bridgehead atoms. The van der Waals surface area contributed by atoms with Crippen molar-refractivity contribution in [3.63, 3.8) is 0 Å². The van der Waals surface area contributed by atoms with E-state index in [1.807, 2.05) is 23.1 Å². The molecular formula is C23H26F3N5O2. The van der Waals surface area contributed by atoms with E-state index in [-0.39, 0.29) is 30.2 Å². The van der Waals surface area contributed by atoms with E-state index in [1.165, 1.54) is 5.56 Å². The van der Waals surface area contributed by atoms with Crippen molar-refractivity contribution in [2.45, 2.75) is 50.2 Å². The molecule has 0 N–H and O–H groups in total. The van der Waals surface area contributed by atoms with Gasteiger partial charge in [-0.3, -0.25) is 4.90 Å². The molecule has 1 aromatic heterocycles. The summed E-state index contributed by atoms with van der Waals surface area (Å²) in [5.74, 6) is 0.273. The zero-order valence-corrected chi connectivity index (χ0v) is 18.1. The maximum atomic E-state index is 12.8. The average Bonchev–Trinajstić information content (AvgIpc) is 3.42. The fourth-order valence-corrected chi connectivity index (χ4v) is 4.99. The molecule has 4 heterocycles. The molecule has 3 fully saturated rings. The summed E-state index contributed by atoms with van der Waals surface area (Å²) in [5.41, 5.74) is 0.415. The highest BCUT2D eigenvalue weighted by molar-refractivity contribution is 5.70. The van der Waals surface area contributed by atoms with Gasteiger partial charge in [0.2, 0.25) is 5.95 Å². The number of carbonyl (C=O) groups excluding carboxylic acids is 1. The second-order valence-electron chi connectivity index (χ2n) is 8.96. The van der Waals surface area contributed by atoms with Gasteiger partial charge in [0.15, 0.2) is 0 Å². The molecule has 0 unspecified atom stereocenters. The topological polar surface area (TPSA) is 61.8 Å². The van der Waals surface area contributed by atoms with E-state index in [0.29, 0.717) is 13.1 Å². The minimum absolute atomic E-state index is 0.00740. The molecule has 2 atom stereocenters. The number of fused-ring (bicyclic) bond motifs is 2. The third kappa shape index (κ3) is 4.75. The lowest BCUT2D eigenvalue weighted by Crippen LogP contribution is -2.50. The Morgan fingerprint density at radius 2 is 1.73 bits per heavy atom. The van der Waals surface area contributed by atoms with E-state index in [9.17, 15) is 18.0 Å². The van der Waals surface area contributed by atoms with Crippen molar-refractivity contribution in [2.24, 2.45) is 0 Å². The number of anilines is 1. The van der Waals surface area contributed by atoms with Crippen LogP contribution in [0.15, 0.2) is 42.7 Å². The number of likely N-dealkylation sites (tertiary alicyclic amines) is 2. The summed E-state index contributed by atoms with van der Waals surface area (Å²) in [4.78, 5) is 26.6. The molecule has 0 radical (unpaired) electrons. The minimum Gasteiger partial charge on any atom is -0.446 e. The van der Waals surface area contributed by atoms with Crippen molar-refractivity contribution in [1.29, 1.82) is 0 Å². The molecule has 7 nitrogen and oxygen atoms in total. The highest BCUT2D eigenvalue weighted by atomic mass is 19.4. The Bertz CT molecular complexity index is 964. The van der Waals surface area contributed by atoms with E-state index in [0.717, 1.165) is 51.3 Å². The Balaban J connectivity index is 1.10. The second kappa shape index (κ2) is 8.81. The number of benzene rings is 1. The molecule has 0 aliphatic carbocycles. The van der Waals surface area contributed by atoms with Crippen molar-refractivity contribution < 1.29 is 22.7 Å². The Hall–Kier alpha value is -2.88. The summed E-state index contributed by atoms with van der Waals surface area (Å²) < 4.78 is 44.0. The van der Waals surface area contributed by atoms with Crippen LogP contribution < -0.4 is 4.90 Å². The Labute approximate surface area is 190 Å². The van der Waals surface area contributed by atoms with Crippen LogP contribution in [0, 0.1) is 0 Å². The van der Waals surface area contributed by atoms with Gasteiger partial charge in [0.1, 0.15) is 6.10 Å². The number of piperidine rings is 1. The third-order valence-electron chi connectivity index (χ3n) is 6.75. The van der Waals surface area contributed by atoms with Crippen LogP contribution >= 0.6 is 0 Å². The van der Waals surface area contributed by atoms with Crippen LogP contribution in [0.2, 0.25) is 0 Å². The van der Waals surface area contributed by atoms with Crippen LogP contribution in [0.4, 0.5) is 23.9 Å². The predicted octanol–water partition coefficient (Wildman–Crippen LogP) is 3.56. The fourth-order valence-electron chi connectivity index (χ4n) is 4.99. The molecule has 3 saturated heterocycles. The van der Waals surface area contributed by atoms with Crippen molar-refractivity contribution >= 4 is 12.0 Å². The van der Waals surface area contributed by atoms with Gasteiger partial charge in [-0.1, -0.05) is 30.3 Å². The molecule has 3 aliphatic heterocycles. The average molecular weight is 461 g/mol. The van der Waals surface area contributed by atoms with Crippen LogP contribution in [0.3, 0.4) is 0 Å². The van der Waals surface area contributed by atoms with Crippen LogP contribution in [0.25, 0.3) is 0 Å². The van der Waals surface area contributed by atoms with Crippen LogP contribution in [-0.2, 0) is 17.5 Å². The van der Waals surface area contributed by atoms with Gasteiger partial charge in [-0.2, -0.15) is 13.2 Å². The first-order valence-electron chi connectivity index (χ1n) is 11.3. The van der Waals surface area contributed by atoms with E-state index >= 15 is 0 Å². The number of amides is 1. The van der Waals surface area contributed by atoms with E-state index in [1.54, 1.807) is 4.90 Å². The molecule has 0 saturated carbocycles. The van der Waals surface area contributed by atoms with E-state index in [4.69, 9.17) is 4.74 Å². The number of alkyl halides is 3. The summed E-state index contributed by atoms with van der Waals surface area (Å²) >= 11 is 0. The highest BCUT2D eigenvalue weighted by Crippen LogP contribution is 2.35. The van der Waals surface area contributed by atoms with Gasteiger partial charge < -0.3 is 14.5 Å². The Morgan fingerprint density at radius 1 is 1.03 bits per heavy atom. The summed E-state index contributed by atoms with van der Waals surface area (Å²) in [6.45, 7) is 3.65. The lowest BCUT2D eigenvalue weighted by molar-refractivity contribution is -0.138. The molecule has 1 aromatic carbocycles. The summed E-state index contributed by atoms with van der Waals surface area (Å²) in [5, 5.41) is 0. The lowest BCUT2D eigenvalue weighted by Gasteiger charge is -2.36. The molecule has 0 spiro atoms. The van der Waals surface area contributed by atoms with Gasteiger partial charge in [0, 0.05) is 45.1 Å². The molecule has 33 heavy (non-hydrogen) atoms. The number of piperazine rings is 1. The van der Waals surface area contributed by atoms with Crippen LogP contribution in [-0.4, -0.2) is 70.2 Å². The first kappa shape index (κ1) is 21.9.